The number of rotatable bonds is 4. The van der Waals surface area contributed by atoms with Crippen LogP contribution in [0.1, 0.15) is 42.5 Å². The van der Waals surface area contributed by atoms with Gasteiger partial charge in [-0.1, -0.05) is 19.3 Å². The van der Waals surface area contributed by atoms with Crippen molar-refractivity contribution >= 4 is 23.3 Å². The maximum absolute atomic E-state index is 13.9. The van der Waals surface area contributed by atoms with Crippen molar-refractivity contribution in [2.24, 2.45) is 0 Å². The van der Waals surface area contributed by atoms with Crippen molar-refractivity contribution in [3.8, 4) is 26.8 Å². The highest BCUT2D eigenvalue weighted by molar-refractivity contribution is 7.18. The van der Waals surface area contributed by atoms with Gasteiger partial charge >= 0.3 is 0 Å². The van der Waals surface area contributed by atoms with Crippen LogP contribution >= 0.6 is 11.3 Å². The number of hydrogen-bond donors (Lipinski definition) is 1. The topological polar surface area (TPSA) is 53.4 Å². The predicted octanol–water partition coefficient (Wildman–Crippen LogP) is 5.90. The smallest absolute Gasteiger partial charge is 0.166 e. The first kappa shape index (κ1) is 19.6. The van der Waals surface area contributed by atoms with Gasteiger partial charge in [-0.3, -0.25) is 4.79 Å². The molecule has 1 aliphatic rings. The molecule has 0 bridgehead atoms. The fourth-order valence-electron chi connectivity index (χ4n) is 3.71. The molecule has 1 aromatic heterocycles. The lowest BCUT2D eigenvalue weighted by atomic mass is 10.1. The van der Waals surface area contributed by atoms with Crippen molar-refractivity contribution in [3.05, 3.63) is 54.0 Å². The number of benzene rings is 2. The Kier molecular flexibility index (Phi) is 5.90. The first-order chi connectivity index (χ1) is 14.2. The van der Waals surface area contributed by atoms with E-state index in [4.69, 9.17) is 0 Å². The van der Waals surface area contributed by atoms with Crippen LogP contribution in [0.15, 0.2) is 42.6 Å². The molecule has 0 unspecified atom stereocenters. The lowest BCUT2D eigenvalue weighted by Crippen LogP contribution is -2.26. The molecule has 29 heavy (non-hydrogen) atoms. The average molecular weight is 411 g/mol. The number of phenols is 1. The van der Waals surface area contributed by atoms with Gasteiger partial charge in [-0.15, -0.1) is 11.3 Å². The minimum atomic E-state index is -0.808. The molecule has 1 aliphatic heterocycles. The first-order valence-corrected chi connectivity index (χ1v) is 10.8. The van der Waals surface area contributed by atoms with Crippen LogP contribution in [0.5, 0.6) is 5.75 Å². The molecule has 0 spiro atoms. The molecule has 4 rings (SSSR count). The van der Waals surface area contributed by atoms with Crippen LogP contribution < -0.4 is 4.90 Å². The highest BCUT2D eigenvalue weighted by Crippen LogP contribution is 2.35. The maximum Gasteiger partial charge on any atom is 0.166 e. The number of aldehydes is 1. The van der Waals surface area contributed by atoms with E-state index in [1.165, 1.54) is 61.3 Å². The van der Waals surface area contributed by atoms with Crippen LogP contribution in [-0.2, 0) is 0 Å². The Balaban J connectivity index is 1.55. The SMILES string of the molecule is O=Cc1cc(-c2cnc(-c3ccc(N4CCCCCCC4)cc3)s2)cc(F)c1O. The van der Waals surface area contributed by atoms with E-state index in [1.54, 1.807) is 6.20 Å². The third kappa shape index (κ3) is 4.32. The van der Waals surface area contributed by atoms with E-state index in [9.17, 15) is 14.3 Å². The second-order valence-corrected chi connectivity index (χ2v) is 8.38. The Morgan fingerprint density at radius 3 is 2.38 bits per heavy atom. The van der Waals surface area contributed by atoms with Crippen LogP contribution in [0.25, 0.3) is 21.0 Å². The maximum atomic E-state index is 13.9. The summed E-state index contributed by atoms with van der Waals surface area (Å²) in [5.74, 6) is -1.43. The lowest BCUT2D eigenvalue weighted by molar-refractivity contribution is 0.112. The highest BCUT2D eigenvalue weighted by atomic mass is 32.1. The zero-order valence-corrected chi connectivity index (χ0v) is 16.9. The summed E-state index contributed by atoms with van der Waals surface area (Å²) in [5.41, 5.74) is 2.71. The van der Waals surface area contributed by atoms with Gasteiger partial charge < -0.3 is 10.0 Å². The molecule has 4 nitrogen and oxygen atoms in total. The van der Waals surface area contributed by atoms with Crippen LogP contribution in [0.4, 0.5) is 10.1 Å². The van der Waals surface area contributed by atoms with E-state index >= 15 is 0 Å². The number of phenolic OH excluding ortho intramolecular Hbond substituents is 1. The molecule has 0 amide bonds. The predicted molar refractivity (Wildman–Crippen MR) is 115 cm³/mol. The van der Waals surface area contributed by atoms with Gasteiger partial charge in [-0.2, -0.15) is 0 Å². The Labute approximate surface area is 173 Å². The first-order valence-electron chi connectivity index (χ1n) is 9.95. The van der Waals surface area contributed by atoms with E-state index in [1.807, 2.05) is 0 Å². The molecular formula is C23H23FN2O2S. The summed E-state index contributed by atoms with van der Waals surface area (Å²) in [6.45, 7) is 2.21. The zero-order chi connectivity index (χ0) is 20.2. The van der Waals surface area contributed by atoms with Crippen molar-refractivity contribution in [3.63, 3.8) is 0 Å². The molecule has 1 saturated heterocycles. The summed E-state index contributed by atoms with van der Waals surface area (Å²) in [6, 6.07) is 11.1. The number of carbonyl (C=O) groups excluding carboxylic acids is 1. The summed E-state index contributed by atoms with van der Waals surface area (Å²) >= 11 is 1.43. The number of aromatic hydroxyl groups is 1. The van der Waals surface area contributed by atoms with E-state index in [-0.39, 0.29) is 5.56 Å². The fourth-order valence-corrected chi connectivity index (χ4v) is 4.62. The molecule has 3 aromatic rings. The van der Waals surface area contributed by atoms with Gasteiger partial charge in [0, 0.05) is 30.5 Å². The highest BCUT2D eigenvalue weighted by Gasteiger charge is 2.14. The summed E-state index contributed by atoms with van der Waals surface area (Å²) in [5, 5.41) is 10.4. The van der Waals surface area contributed by atoms with Gasteiger partial charge in [-0.25, -0.2) is 9.37 Å². The lowest BCUT2D eigenvalue weighted by Gasteiger charge is -2.27. The standard InChI is InChI=1S/C23H23FN2O2S/c24-20-13-17(12-18(15-27)22(20)28)21-14-25-23(29-21)16-6-8-19(9-7-16)26-10-4-2-1-3-5-11-26/h6-9,12-15,28H,1-5,10-11H2. The number of carbonyl (C=O) groups is 1. The summed E-state index contributed by atoms with van der Waals surface area (Å²) in [4.78, 5) is 18.7. The van der Waals surface area contributed by atoms with E-state index in [0.717, 1.165) is 28.5 Å². The second-order valence-electron chi connectivity index (χ2n) is 7.35. The second kappa shape index (κ2) is 8.74. The quantitative estimate of drug-likeness (QED) is 0.544. The molecule has 1 fully saturated rings. The van der Waals surface area contributed by atoms with Gasteiger partial charge in [0.2, 0.25) is 0 Å². The molecule has 150 valence electrons. The Bertz CT molecular complexity index is 993. The number of thiazole rings is 1. The number of aromatic nitrogens is 1. The van der Waals surface area contributed by atoms with Crippen LogP contribution in [-0.4, -0.2) is 29.5 Å². The number of anilines is 1. The van der Waals surface area contributed by atoms with Gasteiger partial charge in [0.15, 0.2) is 17.9 Å². The normalized spacial score (nSPS) is 15.0. The number of halogens is 1. The average Bonchev–Trinajstić information content (AvgIpc) is 3.20. The Morgan fingerprint density at radius 1 is 1.00 bits per heavy atom. The van der Waals surface area contributed by atoms with Crippen LogP contribution in [0.3, 0.4) is 0 Å². The molecule has 0 aliphatic carbocycles. The molecule has 1 N–H and O–H groups in total. The fraction of sp³-hybridized carbons (Fsp3) is 0.304. The van der Waals surface area contributed by atoms with Gasteiger partial charge in [0.1, 0.15) is 5.01 Å². The van der Waals surface area contributed by atoms with Gasteiger partial charge in [-0.05, 0) is 54.8 Å². The van der Waals surface area contributed by atoms with Gasteiger partial charge in [0.05, 0.1) is 10.4 Å². The molecule has 0 atom stereocenters. The molecule has 2 heterocycles. The molecule has 2 aromatic carbocycles. The summed E-state index contributed by atoms with van der Waals surface area (Å²) < 4.78 is 13.9. The van der Waals surface area contributed by atoms with Crippen molar-refractivity contribution in [1.82, 2.24) is 4.98 Å². The van der Waals surface area contributed by atoms with Crippen molar-refractivity contribution in [2.45, 2.75) is 32.1 Å². The monoisotopic (exact) mass is 410 g/mol. The molecule has 6 heteroatoms. The van der Waals surface area contributed by atoms with E-state index in [2.05, 4.69) is 34.1 Å². The van der Waals surface area contributed by atoms with Crippen molar-refractivity contribution in [1.29, 1.82) is 0 Å². The number of hydrogen-bond acceptors (Lipinski definition) is 5. The Hall–Kier alpha value is -2.73. The minimum absolute atomic E-state index is 0.0625. The van der Waals surface area contributed by atoms with Crippen LogP contribution in [0.2, 0.25) is 0 Å². The largest absolute Gasteiger partial charge is 0.504 e. The van der Waals surface area contributed by atoms with Gasteiger partial charge in [0.25, 0.3) is 0 Å². The minimum Gasteiger partial charge on any atom is -0.504 e. The molecule has 0 saturated carbocycles. The van der Waals surface area contributed by atoms with Crippen LogP contribution in [0, 0.1) is 5.82 Å². The Morgan fingerprint density at radius 2 is 1.69 bits per heavy atom. The third-order valence-corrected chi connectivity index (χ3v) is 6.44. The summed E-state index contributed by atoms with van der Waals surface area (Å²) in [6.07, 6.45) is 8.56. The molecular weight excluding hydrogens is 387 g/mol. The third-order valence-electron chi connectivity index (χ3n) is 5.35. The van der Waals surface area contributed by atoms with Crippen molar-refractivity contribution in [2.75, 3.05) is 18.0 Å². The van der Waals surface area contributed by atoms with E-state index in [0.29, 0.717) is 11.8 Å². The molecule has 0 radical (unpaired) electrons. The van der Waals surface area contributed by atoms with Crippen molar-refractivity contribution < 1.29 is 14.3 Å². The zero-order valence-electron chi connectivity index (χ0n) is 16.1. The number of nitrogens with zero attached hydrogens (tertiary/aromatic N) is 2. The summed E-state index contributed by atoms with van der Waals surface area (Å²) in [7, 11) is 0. The van der Waals surface area contributed by atoms with E-state index < -0.39 is 11.6 Å².